The van der Waals surface area contributed by atoms with Crippen LogP contribution in [0.1, 0.15) is 51.5 Å². The molecule has 0 N–H and O–H groups in total. The third-order valence-corrected chi connectivity index (χ3v) is 3.59. The van der Waals surface area contributed by atoms with Crippen LogP contribution in [0.15, 0.2) is 12.4 Å². The van der Waals surface area contributed by atoms with Gasteiger partial charge in [0.25, 0.3) is 0 Å². The van der Waals surface area contributed by atoms with Gasteiger partial charge >= 0.3 is 0 Å². The average molecular weight is 233 g/mol. The quantitative estimate of drug-likeness (QED) is 0.799. The molecule has 0 aromatic carbocycles. The Balaban J connectivity index is 1.99. The van der Waals surface area contributed by atoms with Gasteiger partial charge < -0.3 is 4.90 Å². The molecule has 1 unspecified atom stereocenters. The molecule has 1 aliphatic heterocycles. The topological polar surface area (TPSA) is 29.0 Å². The maximum atomic E-state index is 4.49. The minimum absolute atomic E-state index is 0.510. The van der Waals surface area contributed by atoms with Crippen LogP contribution in [0.2, 0.25) is 0 Å². The summed E-state index contributed by atoms with van der Waals surface area (Å²) in [5, 5.41) is 0. The first-order valence-corrected chi connectivity index (χ1v) is 6.77. The standard InChI is InChI=1S/C14H23N3/c1-4-5-12-6-7-17(10-12)14-15-8-13(9-16-14)11(2)3/h8-9,11-12H,4-7,10H2,1-3H3. The maximum absolute atomic E-state index is 4.49. The van der Waals surface area contributed by atoms with Crippen molar-refractivity contribution < 1.29 is 0 Å². The maximum Gasteiger partial charge on any atom is 0.225 e. The van der Waals surface area contributed by atoms with E-state index in [0.717, 1.165) is 25.0 Å². The number of anilines is 1. The third-order valence-electron chi connectivity index (χ3n) is 3.59. The van der Waals surface area contributed by atoms with E-state index in [4.69, 9.17) is 0 Å². The van der Waals surface area contributed by atoms with E-state index < -0.39 is 0 Å². The summed E-state index contributed by atoms with van der Waals surface area (Å²) in [6, 6.07) is 0. The van der Waals surface area contributed by atoms with Gasteiger partial charge in [-0.1, -0.05) is 27.2 Å². The summed E-state index contributed by atoms with van der Waals surface area (Å²) in [5.41, 5.74) is 1.22. The van der Waals surface area contributed by atoms with Gasteiger partial charge in [-0.25, -0.2) is 9.97 Å². The molecule has 0 saturated carbocycles. The van der Waals surface area contributed by atoms with Gasteiger partial charge in [0, 0.05) is 25.5 Å². The smallest absolute Gasteiger partial charge is 0.225 e. The normalized spacial score (nSPS) is 20.2. The molecular formula is C14H23N3. The first-order valence-electron chi connectivity index (χ1n) is 6.77. The highest BCUT2D eigenvalue weighted by atomic mass is 15.3. The van der Waals surface area contributed by atoms with E-state index in [1.165, 1.54) is 24.8 Å². The van der Waals surface area contributed by atoms with Crippen LogP contribution in [-0.4, -0.2) is 23.1 Å². The third kappa shape index (κ3) is 2.96. The van der Waals surface area contributed by atoms with Crippen molar-refractivity contribution >= 4 is 5.95 Å². The molecular weight excluding hydrogens is 210 g/mol. The Hall–Kier alpha value is -1.12. The first kappa shape index (κ1) is 12.3. The monoisotopic (exact) mass is 233 g/mol. The van der Waals surface area contributed by atoms with E-state index in [2.05, 4.69) is 35.6 Å². The molecule has 3 nitrogen and oxygen atoms in total. The molecule has 1 aromatic heterocycles. The van der Waals surface area contributed by atoms with Crippen LogP contribution in [0.3, 0.4) is 0 Å². The number of hydrogen-bond donors (Lipinski definition) is 0. The van der Waals surface area contributed by atoms with Gasteiger partial charge in [0.2, 0.25) is 5.95 Å². The molecule has 2 rings (SSSR count). The highest BCUT2D eigenvalue weighted by molar-refractivity contribution is 5.32. The Morgan fingerprint density at radius 1 is 1.35 bits per heavy atom. The number of nitrogens with zero attached hydrogens (tertiary/aromatic N) is 3. The van der Waals surface area contributed by atoms with Crippen molar-refractivity contribution in [3.63, 3.8) is 0 Å². The highest BCUT2D eigenvalue weighted by Crippen LogP contribution is 2.24. The second kappa shape index (κ2) is 5.48. The fourth-order valence-electron chi connectivity index (χ4n) is 2.45. The average Bonchev–Trinajstić information content (AvgIpc) is 2.78. The molecule has 3 heteroatoms. The van der Waals surface area contributed by atoms with Gasteiger partial charge in [-0.15, -0.1) is 0 Å². The molecule has 1 saturated heterocycles. The molecule has 2 heterocycles. The Morgan fingerprint density at radius 3 is 2.65 bits per heavy atom. The predicted octanol–water partition coefficient (Wildman–Crippen LogP) is 3.23. The second-order valence-electron chi connectivity index (χ2n) is 5.36. The van der Waals surface area contributed by atoms with Crippen molar-refractivity contribution in [2.45, 2.75) is 46.0 Å². The summed E-state index contributed by atoms with van der Waals surface area (Å²) in [4.78, 5) is 11.3. The lowest BCUT2D eigenvalue weighted by molar-refractivity contribution is 0.529. The van der Waals surface area contributed by atoms with Crippen LogP contribution < -0.4 is 4.90 Å². The zero-order valence-corrected chi connectivity index (χ0v) is 11.2. The summed E-state index contributed by atoms with van der Waals surface area (Å²) in [6.45, 7) is 8.86. The van der Waals surface area contributed by atoms with E-state index in [0.29, 0.717) is 5.92 Å². The van der Waals surface area contributed by atoms with E-state index >= 15 is 0 Å². The lowest BCUT2D eigenvalue weighted by atomic mass is 10.0. The summed E-state index contributed by atoms with van der Waals surface area (Å²) in [5.74, 6) is 2.26. The fraction of sp³-hybridized carbons (Fsp3) is 0.714. The Morgan fingerprint density at radius 2 is 2.06 bits per heavy atom. The summed E-state index contributed by atoms with van der Waals surface area (Å²) in [6.07, 6.45) is 7.86. The lowest BCUT2D eigenvalue weighted by Gasteiger charge is -2.16. The largest absolute Gasteiger partial charge is 0.341 e. The molecule has 94 valence electrons. The Bertz CT molecular complexity index is 345. The first-order chi connectivity index (χ1) is 8.20. The van der Waals surface area contributed by atoms with E-state index in [9.17, 15) is 0 Å². The van der Waals surface area contributed by atoms with Crippen molar-refractivity contribution in [1.29, 1.82) is 0 Å². The summed E-state index contributed by atoms with van der Waals surface area (Å²) < 4.78 is 0. The Kier molecular flexibility index (Phi) is 3.97. The lowest BCUT2D eigenvalue weighted by Crippen LogP contribution is -2.22. The molecule has 1 aliphatic rings. The molecule has 1 aromatic rings. The van der Waals surface area contributed by atoms with Gasteiger partial charge in [0.15, 0.2) is 0 Å². The minimum atomic E-state index is 0.510. The second-order valence-corrected chi connectivity index (χ2v) is 5.36. The van der Waals surface area contributed by atoms with Gasteiger partial charge in [0.05, 0.1) is 0 Å². The van der Waals surface area contributed by atoms with Crippen molar-refractivity contribution in [2.24, 2.45) is 5.92 Å². The molecule has 1 atom stereocenters. The number of aromatic nitrogens is 2. The van der Waals surface area contributed by atoms with Gasteiger partial charge in [-0.3, -0.25) is 0 Å². The molecule has 0 amide bonds. The van der Waals surface area contributed by atoms with E-state index in [1.807, 2.05) is 12.4 Å². The minimum Gasteiger partial charge on any atom is -0.341 e. The van der Waals surface area contributed by atoms with Crippen LogP contribution in [0.4, 0.5) is 5.95 Å². The van der Waals surface area contributed by atoms with Crippen molar-refractivity contribution in [3.8, 4) is 0 Å². The Labute approximate surface area is 104 Å². The molecule has 0 bridgehead atoms. The van der Waals surface area contributed by atoms with Crippen molar-refractivity contribution in [3.05, 3.63) is 18.0 Å². The van der Waals surface area contributed by atoms with Crippen LogP contribution in [0.25, 0.3) is 0 Å². The van der Waals surface area contributed by atoms with Crippen molar-refractivity contribution in [1.82, 2.24) is 9.97 Å². The van der Waals surface area contributed by atoms with E-state index in [1.54, 1.807) is 0 Å². The molecule has 17 heavy (non-hydrogen) atoms. The van der Waals surface area contributed by atoms with Gasteiger partial charge in [-0.05, 0) is 30.2 Å². The summed E-state index contributed by atoms with van der Waals surface area (Å²) in [7, 11) is 0. The zero-order chi connectivity index (χ0) is 12.3. The zero-order valence-electron chi connectivity index (χ0n) is 11.2. The van der Waals surface area contributed by atoms with Crippen LogP contribution >= 0.6 is 0 Å². The van der Waals surface area contributed by atoms with Gasteiger partial charge in [0.1, 0.15) is 0 Å². The summed E-state index contributed by atoms with van der Waals surface area (Å²) >= 11 is 0. The highest BCUT2D eigenvalue weighted by Gasteiger charge is 2.23. The number of rotatable bonds is 4. The molecule has 0 aliphatic carbocycles. The van der Waals surface area contributed by atoms with Crippen LogP contribution in [-0.2, 0) is 0 Å². The van der Waals surface area contributed by atoms with Gasteiger partial charge in [-0.2, -0.15) is 0 Å². The fourth-order valence-corrected chi connectivity index (χ4v) is 2.45. The van der Waals surface area contributed by atoms with Crippen LogP contribution in [0.5, 0.6) is 0 Å². The molecule has 0 spiro atoms. The molecule has 0 radical (unpaired) electrons. The van der Waals surface area contributed by atoms with Crippen molar-refractivity contribution in [2.75, 3.05) is 18.0 Å². The SMILES string of the molecule is CCCC1CCN(c2ncc(C(C)C)cn2)C1. The van der Waals surface area contributed by atoms with Crippen LogP contribution in [0, 0.1) is 5.92 Å². The predicted molar refractivity (Wildman–Crippen MR) is 71.3 cm³/mol. The van der Waals surface area contributed by atoms with E-state index in [-0.39, 0.29) is 0 Å². The number of hydrogen-bond acceptors (Lipinski definition) is 3. The molecule has 1 fully saturated rings.